The number of likely N-dealkylation sites (tertiary alicyclic amines) is 2. The molecule has 0 spiro atoms. The molecular weight excluding hydrogens is 296 g/mol. The number of aromatic nitrogens is 2. The van der Waals surface area contributed by atoms with Gasteiger partial charge in [0.05, 0.1) is 11.4 Å². The smallest absolute Gasteiger partial charge is 0.268 e. The maximum absolute atomic E-state index is 5.39. The molecule has 1 unspecified atom stereocenters. The van der Waals surface area contributed by atoms with Crippen LogP contribution in [0.15, 0.2) is 22.0 Å². The predicted molar refractivity (Wildman–Crippen MR) is 86.7 cm³/mol. The summed E-state index contributed by atoms with van der Waals surface area (Å²) in [7, 11) is 0. The van der Waals surface area contributed by atoms with Crippen molar-refractivity contribution in [2.75, 3.05) is 26.2 Å². The van der Waals surface area contributed by atoms with E-state index in [-0.39, 0.29) is 0 Å². The topological polar surface area (TPSA) is 45.4 Å². The van der Waals surface area contributed by atoms with E-state index in [2.05, 4.69) is 19.9 Å². The van der Waals surface area contributed by atoms with Crippen molar-refractivity contribution in [1.82, 2.24) is 19.9 Å². The molecule has 6 heteroatoms. The molecule has 0 bridgehead atoms. The third-order valence-electron chi connectivity index (χ3n) is 4.70. The maximum atomic E-state index is 5.39. The van der Waals surface area contributed by atoms with Gasteiger partial charge in [-0.05, 0) is 56.8 Å². The highest BCUT2D eigenvalue weighted by molar-refractivity contribution is 7.13. The van der Waals surface area contributed by atoms with Gasteiger partial charge in [0, 0.05) is 12.6 Å². The van der Waals surface area contributed by atoms with E-state index in [1.165, 1.54) is 38.8 Å². The van der Waals surface area contributed by atoms with Crippen LogP contribution in [0.2, 0.25) is 0 Å². The van der Waals surface area contributed by atoms with Gasteiger partial charge in [0.25, 0.3) is 5.89 Å². The lowest BCUT2D eigenvalue weighted by atomic mass is 10.0. The van der Waals surface area contributed by atoms with E-state index < -0.39 is 0 Å². The normalized spacial score (nSPS) is 24.1. The van der Waals surface area contributed by atoms with Gasteiger partial charge >= 0.3 is 0 Å². The first-order valence-corrected chi connectivity index (χ1v) is 9.09. The molecule has 2 saturated heterocycles. The number of rotatable bonds is 4. The first kappa shape index (κ1) is 14.4. The second kappa shape index (κ2) is 6.48. The number of thiophene rings is 1. The third kappa shape index (κ3) is 3.09. The van der Waals surface area contributed by atoms with Gasteiger partial charge in [-0.2, -0.15) is 4.98 Å². The first-order chi connectivity index (χ1) is 10.9. The second-order valence-electron chi connectivity index (χ2n) is 6.27. The maximum Gasteiger partial charge on any atom is 0.268 e. The van der Waals surface area contributed by atoms with Gasteiger partial charge in [-0.25, -0.2) is 0 Å². The number of hydrogen-bond donors (Lipinski definition) is 0. The largest absolute Gasteiger partial charge is 0.333 e. The molecule has 118 valence electrons. The fourth-order valence-corrected chi connectivity index (χ4v) is 4.24. The summed E-state index contributed by atoms with van der Waals surface area (Å²) < 4.78 is 5.39. The van der Waals surface area contributed by atoms with Gasteiger partial charge in [-0.15, -0.1) is 11.3 Å². The summed E-state index contributed by atoms with van der Waals surface area (Å²) in [6.45, 7) is 5.65. The Bertz CT molecular complexity index is 591. The minimum absolute atomic E-state index is 0.651. The van der Waals surface area contributed by atoms with Crippen molar-refractivity contribution in [2.45, 2.75) is 38.3 Å². The van der Waals surface area contributed by atoms with Crippen LogP contribution >= 0.6 is 11.3 Å². The molecule has 0 aliphatic carbocycles. The van der Waals surface area contributed by atoms with Gasteiger partial charge < -0.3 is 4.52 Å². The van der Waals surface area contributed by atoms with Crippen molar-refractivity contribution in [3.05, 3.63) is 23.3 Å². The molecular formula is C16H22N4OS. The molecule has 4 heterocycles. The second-order valence-corrected chi connectivity index (χ2v) is 7.21. The Morgan fingerprint density at radius 1 is 1.23 bits per heavy atom. The number of piperidine rings is 1. The minimum atomic E-state index is 0.651. The highest BCUT2D eigenvalue weighted by atomic mass is 32.1. The van der Waals surface area contributed by atoms with Gasteiger partial charge in [0.2, 0.25) is 0 Å². The Hall–Kier alpha value is -1.24. The van der Waals surface area contributed by atoms with Crippen LogP contribution in [-0.4, -0.2) is 52.2 Å². The van der Waals surface area contributed by atoms with E-state index in [1.54, 1.807) is 11.3 Å². The third-order valence-corrected chi connectivity index (χ3v) is 5.56. The van der Waals surface area contributed by atoms with Gasteiger partial charge in [-0.1, -0.05) is 11.2 Å². The van der Waals surface area contributed by atoms with Crippen LogP contribution in [0.1, 0.15) is 31.5 Å². The van der Waals surface area contributed by atoms with Gasteiger partial charge in [-0.3, -0.25) is 9.80 Å². The molecule has 0 radical (unpaired) electrons. The zero-order chi connectivity index (χ0) is 14.8. The summed E-state index contributed by atoms with van der Waals surface area (Å²) in [4.78, 5) is 10.7. The molecule has 2 aromatic heterocycles. The lowest BCUT2D eigenvalue weighted by molar-refractivity contribution is 0.108. The van der Waals surface area contributed by atoms with E-state index in [9.17, 15) is 0 Å². The van der Waals surface area contributed by atoms with Crippen molar-refractivity contribution in [1.29, 1.82) is 0 Å². The minimum Gasteiger partial charge on any atom is -0.333 e. The summed E-state index contributed by atoms with van der Waals surface area (Å²) in [5.41, 5.74) is 0. The SMILES string of the molecule is c1csc(-c2nc(CN3CCCC(N4CCCC4)C3)no2)c1. The van der Waals surface area contributed by atoms with E-state index in [0.717, 1.165) is 36.4 Å². The fraction of sp³-hybridized carbons (Fsp3) is 0.625. The lowest BCUT2D eigenvalue weighted by Crippen LogP contribution is -2.46. The molecule has 5 nitrogen and oxygen atoms in total. The number of nitrogens with zero attached hydrogens (tertiary/aromatic N) is 4. The van der Waals surface area contributed by atoms with Crippen molar-refractivity contribution < 1.29 is 4.52 Å². The molecule has 4 rings (SSSR count). The Kier molecular flexibility index (Phi) is 4.23. The standard InChI is InChI=1S/C16H22N4OS/c1-2-9-20(8-1)13-5-3-7-19(11-13)12-15-17-16(21-18-15)14-6-4-10-22-14/h4,6,10,13H,1-3,5,7-9,11-12H2. The zero-order valence-electron chi connectivity index (χ0n) is 12.8. The van der Waals surface area contributed by atoms with E-state index in [0.29, 0.717) is 5.89 Å². The lowest BCUT2D eigenvalue weighted by Gasteiger charge is -2.37. The predicted octanol–water partition coefficient (Wildman–Crippen LogP) is 2.86. The Morgan fingerprint density at radius 2 is 2.14 bits per heavy atom. The highest BCUT2D eigenvalue weighted by Crippen LogP contribution is 2.24. The average Bonchev–Trinajstić information content (AvgIpc) is 3.29. The van der Waals surface area contributed by atoms with Gasteiger partial charge in [0.1, 0.15) is 0 Å². The highest BCUT2D eigenvalue weighted by Gasteiger charge is 2.27. The molecule has 0 saturated carbocycles. The zero-order valence-corrected chi connectivity index (χ0v) is 13.6. The molecule has 1 atom stereocenters. The molecule has 2 fully saturated rings. The van der Waals surface area contributed by atoms with E-state index in [1.807, 2.05) is 17.5 Å². The average molecular weight is 318 g/mol. The Labute approximate surface area is 134 Å². The first-order valence-electron chi connectivity index (χ1n) is 8.21. The van der Waals surface area contributed by atoms with Crippen molar-refractivity contribution in [2.24, 2.45) is 0 Å². The van der Waals surface area contributed by atoms with Gasteiger partial charge in [0.15, 0.2) is 5.82 Å². The van der Waals surface area contributed by atoms with Crippen LogP contribution in [0.25, 0.3) is 10.8 Å². The summed E-state index contributed by atoms with van der Waals surface area (Å²) >= 11 is 1.64. The summed E-state index contributed by atoms with van der Waals surface area (Å²) in [5, 5.41) is 6.19. The van der Waals surface area contributed by atoms with Crippen molar-refractivity contribution in [3.63, 3.8) is 0 Å². The van der Waals surface area contributed by atoms with Crippen LogP contribution in [0, 0.1) is 0 Å². The number of hydrogen-bond acceptors (Lipinski definition) is 6. The molecule has 2 aromatic rings. The van der Waals surface area contributed by atoms with Crippen LogP contribution in [0.5, 0.6) is 0 Å². The quantitative estimate of drug-likeness (QED) is 0.867. The van der Waals surface area contributed by atoms with E-state index in [4.69, 9.17) is 4.52 Å². The molecule has 2 aliphatic heterocycles. The Morgan fingerprint density at radius 3 is 2.95 bits per heavy atom. The monoisotopic (exact) mass is 318 g/mol. The van der Waals surface area contributed by atoms with E-state index >= 15 is 0 Å². The summed E-state index contributed by atoms with van der Waals surface area (Å²) in [5.74, 6) is 1.46. The molecule has 0 N–H and O–H groups in total. The van der Waals surface area contributed by atoms with Crippen molar-refractivity contribution >= 4 is 11.3 Å². The molecule has 2 aliphatic rings. The summed E-state index contributed by atoms with van der Waals surface area (Å²) in [6.07, 6.45) is 5.34. The van der Waals surface area contributed by atoms with Crippen LogP contribution in [0.4, 0.5) is 0 Å². The van der Waals surface area contributed by atoms with Crippen LogP contribution < -0.4 is 0 Å². The molecule has 0 aromatic carbocycles. The van der Waals surface area contributed by atoms with Crippen molar-refractivity contribution in [3.8, 4) is 10.8 Å². The van der Waals surface area contributed by atoms with Crippen LogP contribution in [0.3, 0.4) is 0 Å². The summed E-state index contributed by atoms with van der Waals surface area (Å²) in [6, 6.07) is 4.75. The Balaban J connectivity index is 1.38. The van der Waals surface area contributed by atoms with Crippen LogP contribution in [-0.2, 0) is 6.54 Å². The molecule has 0 amide bonds. The fourth-order valence-electron chi connectivity index (χ4n) is 3.60. The molecule has 22 heavy (non-hydrogen) atoms.